The molecule has 0 amide bonds. The molecule has 9 heteroatoms. The molecule has 0 unspecified atom stereocenters. The fraction of sp³-hybridized carbons (Fsp3) is 0.133. The van der Waals surface area contributed by atoms with Crippen molar-refractivity contribution in [3.05, 3.63) is 47.5 Å². The molecule has 1 aliphatic carbocycles. The molecule has 0 saturated heterocycles. The molecule has 2 aromatic rings. The molecule has 126 valence electrons. The molecule has 2 aromatic carbocycles. The van der Waals surface area contributed by atoms with E-state index < -0.39 is 25.8 Å². The number of nitrogens with one attached hydrogen (secondary N) is 2. The number of carbonyl (C=O) groups is 1. The predicted octanol–water partition coefficient (Wildman–Crippen LogP) is 0.714. The molecular weight excluding hydrogens is 352 g/mol. The molecule has 0 saturated carbocycles. The largest absolute Gasteiger partial charge is 0.289 e. The summed E-state index contributed by atoms with van der Waals surface area (Å²) in [6.07, 6.45) is 0. The summed E-state index contributed by atoms with van der Waals surface area (Å²) in [6.45, 7) is 0. The van der Waals surface area contributed by atoms with Crippen molar-refractivity contribution in [2.45, 2.75) is 9.79 Å². The van der Waals surface area contributed by atoms with Gasteiger partial charge in [0.2, 0.25) is 20.0 Å². The maximum Gasteiger partial charge on any atom is 0.240 e. The minimum absolute atomic E-state index is 0.0204. The summed E-state index contributed by atoms with van der Waals surface area (Å²) < 4.78 is 52.0. The maximum atomic E-state index is 12.6. The highest BCUT2D eigenvalue weighted by molar-refractivity contribution is 7.89. The second-order valence-electron chi connectivity index (χ2n) is 5.16. The van der Waals surface area contributed by atoms with Gasteiger partial charge in [-0.15, -0.1) is 0 Å². The van der Waals surface area contributed by atoms with Crippen molar-refractivity contribution in [2.24, 2.45) is 0 Å². The first-order valence-corrected chi connectivity index (χ1v) is 9.88. The van der Waals surface area contributed by atoms with Crippen molar-refractivity contribution in [1.29, 1.82) is 0 Å². The number of carbonyl (C=O) groups excluding carboxylic acids is 1. The standard InChI is InChI=1S/C15H14N2O5S2/c1-16-23(19,20)9-3-5-11-12-6-4-10(24(21,22)17-2)8-14(12)15(18)13(11)7-9/h3-8,16-17H,1-2H3. The zero-order chi connectivity index (χ0) is 17.7. The Kier molecular flexibility index (Phi) is 3.83. The highest BCUT2D eigenvalue weighted by Gasteiger charge is 2.29. The van der Waals surface area contributed by atoms with Crippen LogP contribution in [0.15, 0.2) is 46.2 Å². The molecule has 0 spiro atoms. The summed E-state index contributed by atoms with van der Waals surface area (Å²) in [5, 5.41) is 0. The Labute approximate surface area is 139 Å². The van der Waals surface area contributed by atoms with Gasteiger partial charge in [-0.25, -0.2) is 26.3 Å². The van der Waals surface area contributed by atoms with Gasteiger partial charge in [-0.3, -0.25) is 4.79 Å². The van der Waals surface area contributed by atoms with Gasteiger partial charge in [0.25, 0.3) is 0 Å². The van der Waals surface area contributed by atoms with E-state index in [9.17, 15) is 21.6 Å². The molecule has 1 aliphatic rings. The van der Waals surface area contributed by atoms with E-state index in [1.165, 1.54) is 38.4 Å². The van der Waals surface area contributed by atoms with E-state index in [1.54, 1.807) is 12.1 Å². The van der Waals surface area contributed by atoms with E-state index in [0.29, 0.717) is 11.1 Å². The zero-order valence-corrected chi connectivity index (χ0v) is 14.5. The number of rotatable bonds is 4. The lowest BCUT2D eigenvalue weighted by atomic mass is 10.1. The van der Waals surface area contributed by atoms with Crippen LogP contribution in [0.1, 0.15) is 15.9 Å². The molecule has 0 fully saturated rings. The molecule has 0 heterocycles. The van der Waals surface area contributed by atoms with Gasteiger partial charge < -0.3 is 0 Å². The van der Waals surface area contributed by atoms with Crippen LogP contribution in [0.5, 0.6) is 0 Å². The van der Waals surface area contributed by atoms with Gasteiger partial charge in [0.1, 0.15) is 0 Å². The average Bonchev–Trinajstić information content (AvgIpc) is 2.87. The van der Waals surface area contributed by atoms with Crippen LogP contribution < -0.4 is 9.44 Å². The molecule has 0 aliphatic heterocycles. The minimum Gasteiger partial charge on any atom is -0.289 e. The van der Waals surface area contributed by atoms with E-state index in [0.717, 1.165) is 0 Å². The quantitative estimate of drug-likeness (QED) is 0.707. The SMILES string of the molecule is CNS(=O)(=O)c1ccc2c(c1)C(=O)c1cc(S(=O)(=O)NC)ccc1-2. The number of benzene rings is 2. The summed E-state index contributed by atoms with van der Waals surface area (Å²) >= 11 is 0. The van der Waals surface area contributed by atoms with Gasteiger partial charge in [-0.05, 0) is 49.5 Å². The van der Waals surface area contributed by atoms with Gasteiger partial charge >= 0.3 is 0 Å². The van der Waals surface area contributed by atoms with Gasteiger partial charge in [0.05, 0.1) is 9.79 Å². The second-order valence-corrected chi connectivity index (χ2v) is 8.93. The van der Waals surface area contributed by atoms with Crippen LogP contribution in [-0.2, 0) is 20.0 Å². The van der Waals surface area contributed by atoms with Gasteiger partial charge in [0.15, 0.2) is 5.78 Å². The highest BCUT2D eigenvalue weighted by Crippen LogP contribution is 2.38. The Balaban J connectivity index is 2.18. The third-order valence-electron chi connectivity index (χ3n) is 3.92. The van der Waals surface area contributed by atoms with Crippen molar-refractivity contribution >= 4 is 25.8 Å². The van der Waals surface area contributed by atoms with E-state index >= 15 is 0 Å². The van der Waals surface area contributed by atoms with E-state index in [4.69, 9.17) is 0 Å². The summed E-state index contributed by atoms with van der Waals surface area (Å²) in [6, 6.07) is 8.52. The first kappa shape index (κ1) is 16.8. The smallest absolute Gasteiger partial charge is 0.240 e. The van der Waals surface area contributed by atoms with E-state index in [-0.39, 0.29) is 20.9 Å². The summed E-state index contributed by atoms with van der Waals surface area (Å²) in [4.78, 5) is 12.6. The second kappa shape index (κ2) is 5.49. The topological polar surface area (TPSA) is 109 Å². The first-order valence-electron chi connectivity index (χ1n) is 6.91. The van der Waals surface area contributed by atoms with Crippen LogP contribution in [0.25, 0.3) is 11.1 Å². The molecule has 0 atom stereocenters. The fourth-order valence-electron chi connectivity index (χ4n) is 2.61. The predicted molar refractivity (Wildman–Crippen MR) is 87.8 cm³/mol. The third-order valence-corrected chi connectivity index (χ3v) is 6.74. The number of sulfonamides is 2. The Bertz CT molecular complexity index is 988. The number of hydrogen-bond acceptors (Lipinski definition) is 5. The van der Waals surface area contributed by atoms with Crippen LogP contribution in [-0.4, -0.2) is 36.7 Å². The highest BCUT2D eigenvalue weighted by atomic mass is 32.2. The molecule has 0 radical (unpaired) electrons. The summed E-state index contributed by atoms with van der Waals surface area (Å²) in [5.74, 6) is -0.402. The van der Waals surface area contributed by atoms with E-state index in [1.807, 2.05) is 0 Å². The first-order chi connectivity index (χ1) is 11.2. The van der Waals surface area contributed by atoms with Crippen molar-refractivity contribution in [1.82, 2.24) is 9.44 Å². The molecule has 24 heavy (non-hydrogen) atoms. The van der Waals surface area contributed by atoms with E-state index in [2.05, 4.69) is 9.44 Å². The number of hydrogen-bond donors (Lipinski definition) is 2. The van der Waals surface area contributed by atoms with Gasteiger partial charge in [0, 0.05) is 11.1 Å². The van der Waals surface area contributed by atoms with Crippen LogP contribution in [0, 0.1) is 0 Å². The van der Waals surface area contributed by atoms with Crippen molar-refractivity contribution in [3.8, 4) is 11.1 Å². The van der Waals surface area contributed by atoms with Crippen molar-refractivity contribution in [2.75, 3.05) is 14.1 Å². The Morgan fingerprint density at radius 1 is 0.667 bits per heavy atom. The van der Waals surface area contributed by atoms with Crippen LogP contribution in [0.3, 0.4) is 0 Å². The lowest BCUT2D eigenvalue weighted by molar-refractivity contribution is 0.104. The summed E-state index contributed by atoms with van der Waals surface area (Å²) in [5.41, 5.74) is 1.64. The molecule has 0 aromatic heterocycles. The third kappa shape index (κ3) is 2.46. The van der Waals surface area contributed by atoms with Gasteiger partial charge in [-0.1, -0.05) is 12.1 Å². The van der Waals surface area contributed by atoms with Crippen LogP contribution in [0.4, 0.5) is 0 Å². The van der Waals surface area contributed by atoms with Crippen molar-refractivity contribution < 1.29 is 21.6 Å². The Morgan fingerprint density at radius 2 is 1.04 bits per heavy atom. The zero-order valence-electron chi connectivity index (χ0n) is 12.8. The normalized spacial score (nSPS) is 13.7. The van der Waals surface area contributed by atoms with Crippen LogP contribution in [0.2, 0.25) is 0 Å². The maximum absolute atomic E-state index is 12.6. The van der Waals surface area contributed by atoms with Gasteiger partial charge in [-0.2, -0.15) is 0 Å². The fourth-order valence-corrected chi connectivity index (χ4v) is 4.12. The number of fused-ring (bicyclic) bond motifs is 3. The molecule has 2 N–H and O–H groups in total. The summed E-state index contributed by atoms with van der Waals surface area (Å²) in [7, 11) is -4.78. The number of ketones is 1. The minimum atomic E-state index is -3.67. The average molecular weight is 366 g/mol. The molecular formula is C15H14N2O5S2. The Hall–Kier alpha value is -2.07. The molecule has 7 nitrogen and oxygen atoms in total. The monoisotopic (exact) mass is 366 g/mol. The lowest BCUT2D eigenvalue weighted by Gasteiger charge is -2.05. The molecule has 0 bridgehead atoms. The van der Waals surface area contributed by atoms with Crippen LogP contribution >= 0.6 is 0 Å². The molecule has 3 rings (SSSR count). The Morgan fingerprint density at radius 3 is 1.38 bits per heavy atom. The lowest BCUT2D eigenvalue weighted by Crippen LogP contribution is -2.19. The van der Waals surface area contributed by atoms with Crippen molar-refractivity contribution in [3.63, 3.8) is 0 Å².